The number of halogens is 1. The van der Waals surface area contributed by atoms with Crippen LogP contribution in [0.15, 0.2) is 490 Å². The van der Waals surface area contributed by atoms with Gasteiger partial charge in [-0.2, -0.15) is 0 Å². The minimum Gasteiger partial charge on any atom is -0.356 e. The van der Waals surface area contributed by atoms with Crippen LogP contribution >= 0.6 is 15.9 Å². The second kappa shape index (κ2) is 32.6. The summed E-state index contributed by atoms with van der Waals surface area (Å²) >= 11 is 3.76. The van der Waals surface area contributed by atoms with Gasteiger partial charge in [0, 0.05) is 65.7 Å². The van der Waals surface area contributed by atoms with Crippen LogP contribution in [0.3, 0.4) is 0 Å². The number of rotatable bonds is 11. The van der Waals surface area contributed by atoms with Gasteiger partial charge in [-0.05, 0) is 261 Å². The summed E-state index contributed by atoms with van der Waals surface area (Å²) in [5.74, 6) is 0. The molecular formula is C124H89BrN4. The lowest BCUT2D eigenvalue weighted by Crippen LogP contribution is -2.26. The van der Waals surface area contributed by atoms with Crippen LogP contribution in [0.1, 0.15) is 59.4 Å². The number of benzene rings is 20. The highest BCUT2D eigenvalue weighted by Crippen LogP contribution is 2.65. The smallest absolute Gasteiger partial charge is 0.0726 e. The Morgan fingerprint density at radius 1 is 0.202 bits per heavy atom. The van der Waals surface area contributed by atoms with E-state index < -0.39 is 5.41 Å². The molecule has 2 aromatic heterocycles. The SMILES string of the molecule is Brc1ccccc1-c1cccc(-c2ccc3c(c2)c2ccccc2n3-c2ccc3c(c2)C2(c4ccccc4-c4ccccc42)c2ccccc2-3)c1.C.C.c1ccc(N(c2ccccc2)c2ccccc2-c2cccc(-c3ccc4c(c3)c3ccccc3n4-c3ccc4c(c3)C3(c5ccccc5-c5ccccc53)c3ccccc3-4)c2)cc1.c1ccc(Nc2ccccc2)cc1. The van der Waals surface area contributed by atoms with Gasteiger partial charge in [-0.15, -0.1) is 0 Å². The van der Waals surface area contributed by atoms with Gasteiger partial charge in [-0.25, -0.2) is 0 Å². The summed E-state index contributed by atoms with van der Waals surface area (Å²) in [4.78, 5) is 2.35. The Morgan fingerprint density at radius 2 is 0.496 bits per heavy atom. The fourth-order valence-corrected chi connectivity index (χ4v) is 22.0. The van der Waals surface area contributed by atoms with Crippen LogP contribution in [0, 0.1) is 0 Å². The van der Waals surface area contributed by atoms with Gasteiger partial charge in [0.1, 0.15) is 0 Å². The number of hydrogen-bond donors (Lipinski definition) is 1. The number of nitrogens with one attached hydrogen (secondary N) is 1. The number of hydrogen-bond acceptors (Lipinski definition) is 2. The molecule has 20 aromatic carbocycles. The average molecular weight is 1720 g/mol. The van der Waals surface area contributed by atoms with Crippen molar-refractivity contribution in [3.63, 3.8) is 0 Å². The molecule has 0 fully saturated rings. The Bertz CT molecular complexity index is 7880. The molecule has 129 heavy (non-hydrogen) atoms. The Labute approximate surface area is 762 Å². The summed E-state index contributed by atoms with van der Waals surface area (Å²) in [7, 11) is 0. The van der Waals surface area contributed by atoms with Crippen LogP contribution < -0.4 is 10.2 Å². The van der Waals surface area contributed by atoms with E-state index >= 15 is 0 Å². The van der Waals surface area contributed by atoms with Gasteiger partial charge in [0.25, 0.3) is 0 Å². The quantitative estimate of drug-likeness (QED) is 0.140. The van der Waals surface area contributed by atoms with Gasteiger partial charge in [-0.1, -0.05) is 383 Å². The molecule has 2 heterocycles. The van der Waals surface area contributed by atoms with Gasteiger partial charge in [0.15, 0.2) is 0 Å². The second-order valence-electron chi connectivity index (χ2n) is 33.4. The van der Waals surface area contributed by atoms with E-state index in [2.05, 4.69) is 460 Å². The molecule has 0 amide bonds. The van der Waals surface area contributed by atoms with E-state index in [1.54, 1.807) is 0 Å². The number of anilines is 5. The molecule has 1 N–H and O–H groups in total. The lowest BCUT2D eigenvalue weighted by Gasteiger charge is -2.30. The molecule has 0 unspecified atom stereocenters. The molecule has 0 bridgehead atoms. The zero-order valence-electron chi connectivity index (χ0n) is 69.4. The topological polar surface area (TPSA) is 25.1 Å². The van der Waals surface area contributed by atoms with Crippen LogP contribution in [0.2, 0.25) is 0 Å². The van der Waals surface area contributed by atoms with E-state index in [4.69, 9.17) is 0 Å². The Kier molecular flexibility index (Phi) is 19.9. The fraction of sp³-hybridized carbons (Fsp3) is 0.0323. The minimum atomic E-state index is -0.399. The first kappa shape index (κ1) is 79.0. The summed E-state index contributed by atoms with van der Waals surface area (Å²) in [6.07, 6.45) is 0. The van der Waals surface area contributed by atoms with E-state index in [0.29, 0.717) is 0 Å². The molecule has 4 aliphatic carbocycles. The van der Waals surface area contributed by atoms with Crippen molar-refractivity contribution in [3.8, 4) is 100 Å². The summed E-state index contributed by atoms with van der Waals surface area (Å²) in [5, 5.41) is 8.30. The first-order chi connectivity index (χ1) is 62.9. The number of para-hydroxylation sites is 7. The summed E-state index contributed by atoms with van der Waals surface area (Å²) in [5.41, 5.74) is 43.0. The van der Waals surface area contributed by atoms with E-state index in [1.807, 2.05) is 60.7 Å². The molecule has 0 saturated heterocycles. The predicted molar refractivity (Wildman–Crippen MR) is 548 cm³/mol. The monoisotopic (exact) mass is 1710 g/mol. The highest BCUT2D eigenvalue weighted by molar-refractivity contribution is 9.10. The van der Waals surface area contributed by atoms with E-state index in [1.165, 1.54) is 189 Å². The van der Waals surface area contributed by atoms with Crippen molar-refractivity contribution in [2.75, 3.05) is 10.2 Å². The molecule has 4 aliphatic rings. The first-order valence-electron chi connectivity index (χ1n) is 43.7. The highest BCUT2D eigenvalue weighted by atomic mass is 79.9. The maximum absolute atomic E-state index is 3.76. The average Bonchev–Trinajstić information content (AvgIpc) is 1.51. The molecule has 0 saturated carbocycles. The molecule has 22 aromatic rings. The first-order valence-corrected chi connectivity index (χ1v) is 44.5. The lowest BCUT2D eigenvalue weighted by molar-refractivity contribution is 0.792. The zero-order valence-corrected chi connectivity index (χ0v) is 71.0. The number of nitrogens with zero attached hydrogens (tertiary/aromatic N) is 3. The van der Waals surface area contributed by atoms with Gasteiger partial charge >= 0.3 is 0 Å². The molecule has 2 spiro atoms. The highest BCUT2D eigenvalue weighted by Gasteiger charge is 2.53. The molecule has 5 heteroatoms. The van der Waals surface area contributed by atoms with Gasteiger partial charge in [0.05, 0.1) is 38.6 Å². The van der Waals surface area contributed by atoms with Crippen molar-refractivity contribution in [1.82, 2.24) is 9.13 Å². The van der Waals surface area contributed by atoms with Crippen molar-refractivity contribution in [1.29, 1.82) is 0 Å². The molecule has 612 valence electrons. The molecule has 0 atom stereocenters. The third kappa shape index (κ3) is 12.8. The fourth-order valence-electron chi connectivity index (χ4n) is 21.4. The largest absolute Gasteiger partial charge is 0.356 e. The van der Waals surface area contributed by atoms with Crippen LogP contribution in [0.5, 0.6) is 0 Å². The third-order valence-electron chi connectivity index (χ3n) is 26.7. The number of aromatic nitrogens is 2. The molecule has 26 rings (SSSR count). The second-order valence-corrected chi connectivity index (χ2v) is 34.3. The summed E-state index contributed by atoms with van der Waals surface area (Å²) in [6, 6.07) is 177. The van der Waals surface area contributed by atoms with Crippen molar-refractivity contribution >= 4 is 88.0 Å². The maximum Gasteiger partial charge on any atom is 0.0726 e. The maximum atomic E-state index is 3.76. The Morgan fingerprint density at radius 3 is 0.891 bits per heavy atom. The van der Waals surface area contributed by atoms with E-state index in [9.17, 15) is 0 Å². The van der Waals surface area contributed by atoms with Gasteiger partial charge < -0.3 is 19.4 Å². The lowest BCUT2D eigenvalue weighted by atomic mass is 9.70. The summed E-state index contributed by atoms with van der Waals surface area (Å²) in [6.45, 7) is 0. The number of fused-ring (bicyclic) bond motifs is 26. The van der Waals surface area contributed by atoms with Crippen LogP contribution in [-0.4, -0.2) is 9.13 Å². The third-order valence-corrected chi connectivity index (χ3v) is 27.4. The zero-order chi connectivity index (χ0) is 84.1. The standard InChI is InChI=1S/C61H40N2.C49H30BrN.C12H11N.2CH4/c1-3-20-44(21-4-1)62(45-22-5-2-6-23-45)58-32-15-10-24-47(58)43-19-17-18-41(38-43)42-34-37-60-53(39-42)52-28-11-16-33-59(52)63(60)46-35-36-51-50-27-9-14-31-56(50)61(57(51)40-46)54-29-12-7-25-48(54)49-26-8-13-30-55(49)61;50-46-22-9-4-14-35(46)33-13-11-12-31(28-33)32-24-27-48-41(29-32)40-18-5-10-23-47(40)51(48)34-25-26-39-38-17-3-8-21-44(38)49(45(39)30-34)42-19-6-1-15-36(42)37-16-2-7-20-43(37)49;1-3-7-11(8-4-1)13-12-9-5-2-6-10-12;;/h1-40H;1-30H;1-10,13H;2*1H4. The minimum absolute atomic E-state index is 0. The van der Waals surface area contributed by atoms with Gasteiger partial charge in [0.2, 0.25) is 0 Å². The molecule has 4 nitrogen and oxygen atoms in total. The Hall–Kier alpha value is -15.9. The summed E-state index contributed by atoms with van der Waals surface area (Å²) < 4.78 is 6.05. The van der Waals surface area contributed by atoms with Crippen molar-refractivity contribution in [2.24, 2.45) is 0 Å². The molecule has 0 aliphatic heterocycles. The van der Waals surface area contributed by atoms with Crippen molar-refractivity contribution < 1.29 is 0 Å². The van der Waals surface area contributed by atoms with Crippen molar-refractivity contribution in [2.45, 2.75) is 25.7 Å². The predicted octanol–water partition coefficient (Wildman–Crippen LogP) is 33.9. The van der Waals surface area contributed by atoms with Crippen LogP contribution in [0.25, 0.3) is 144 Å². The van der Waals surface area contributed by atoms with Crippen molar-refractivity contribution in [3.05, 3.63) is 534 Å². The molecule has 0 radical (unpaired) electrons. The van der Waals surface area contributed by atoms with Gasteiger partial charge in [-0.3, -0.25) is 0 Å². The van der Waals surface area contributed by atoms with E-state index in [-0.39, 0.29) is 20.3 Å². The van der Waals surface area contributed by atoms with E-state index in [0.717, 1.165) is 32.9 Å². The van der Waals surface area contributed by atoms with Crippen LogP contribution in [-0.2, 0) is 10.8 Å². The van der Waals surface area contributed by atoms with Crippen LogP contribution in [0.4, 0.5) is 28.4 Å². The normalized spacial score (nSPS) is 12.5. The Balaban J connectivity index is 0.000000133. The molecular weight excluding hydrogens is 1630 g/mol.